The number of carbonyl (C=O) groups excluding carboxylic acids is 1. The van der Waals surface area contributed by atoms with Gasteiger partial charge in [-0.1, -0.05) is 43.4 Å². The van der Waals surface area contributed by atoms with Crippen molar-refractivity contribution in [3.05, 3.63) is 34.4 Å². The van der Waals surface area contributed by atoms with E-state index in [1.807, 2.05) is 0 Å². The van der Waals surface area contributed by atoms with Crippen LogP contribution < -0.4 is 0 Å². The van der Waals surface area contributed by atoms with E-state index in [9.17, 15) is 4.79 Å². The number of ketones is 1. The molecule has 0 bridgehead atoms. The van der Waals surface area contributed by atoms with Gasteiger partial charge in [0.25, 0.3) is 0 Å². The third-order valence-electron chi connectivity index (χ3n) is 5.83. The van der Waals surface area contributed by atoms with Crippen LogP contribution in [-0.4, -0.2) is 5.78 Å². The van der Waals surface area contributed by atoms with Gasteiger partial charge in [-0.15, -0.1) is 0 Å². The second-order valence-electron chi connectivity index (χ2n) is 7.45. The molecule has 2 fully saturated rings. The minimum atomic E-state index is 0.282. The monoisotopic (exact) mass is 284 g/mol. The number of Topliss-reactive ketones (excluding diaryl/α,β-unsaturated/α-hetero) is 1. The molecular formula is C20H28O. The van der Waals surface area contributed by atoms with Crippen LogP contribution in [0.5, 0.6) is 0 Å². The third-order valence-corrected chi connectivity index (χ3v) is 5.83. The van der Waals surface area contributed by atoms with Crippen molar-refractivity contribution in [3.63, 3.8) is 0 Å². The molecule has 2 aliphatic rings. The van der Waals surface area contributed by atoms with Gasteiger partial charge >= 0.3 is 0 Å². The summed E-state index contributed by atoms with van der Waals surface area (Å²) in [7, 11) is 0. The van der Waals surface area contributed by atoms with Crippen LogP contribution in [0, 0.1) is 38.5 Å². The number of fused-ring (bicyclic) bond motifs is 1. The minimum absolute atomic E-state index is 0.282. The fourth-order valence-corrected chi connectivity index (χ4v) is 4.88. The van der Waals surface area contributed by atoms with Crippen molar-refractivity contribution in [3.8, 4) is 0 Å². The van der Waals surface area contributed by atoms with Gasteiger partial charge in [0, 0.05) is 11.5 Å². The van der Waals surface area contributed by atoms with E-state index in [0.717, 1.165) is 30.2 Å². The number of hydrogen-bond donors (Lipinski definition) is 0. The van der Waals surface area contributed by atoms with Gasteiger partial charge in [0.1, 0.15) is 0 Å². The Balaban J connectivity index is 1.80. The highest BCUT2D eigenvalue weighted by atomic mass is 16.1. The Morgan fingerprint density at radius 2 is 1.52 bits per heavy atom. The Bertz CT molecular complexity index is 520. The smallest absolute Gasteiger partial charge is 0.166 e. The quantitative estimate of drug-likeness (QED) is 0.664. The van der Waals surface area contributed by atoms with Gasteiger partial charge in [-0.3, -0.25) is 4.79 Å². The highest BCUT2D eigenvalue weighted by Crippen LogP contribution is 2.43. The van der Waals surface area contributed by atoms with E-state index in [1.165, 1.54) is 48.8 Å². The predicted octanol–water partition coefficient (Wildman–Crippen LogP) is 5.40. The van der Waals surface area contributed by atoms with Crippen LogP contribution in [0.25, 0.3) is 0 Å². The van der Waals surface area contributed by atoms with Gasteiger partial charge in [0.2, 0.25) is 0 Å². The van der Waals surface area contributed by atoms with Crippen LogP contribution >= 0.6 is 0 Å². The van der Waals surface area contributed by atoms with Crippen LogP contribution in [0.3, 0.4) is 0 Å². The zero-order valence-electron chi connectivity index (χ0n) is 13.7. The molecule has 1 aromatic rings. The highest BCUT2D eigenvalue weighted by molar-refractivity contribution is 6.00. The van der Waals surface area contributed by atoms with Crippen molar-refractivity contribution in [1.29, 1.82) is 0 Å². The second-order valence-corrected chi connectivity index (χ2v) is 7.45. The highest BCUT2D eigenvalue weighted by Gasteiger charge is 2.35. The summed E-state index contributed by atoms with van der Waals surface area (Å²) in [5.74, 6) is 2.45. The molecule has 21 heavy (non-hydrogen) atoms. The number of carbonyl (C=O) groups is 1. The van der Waals surface area contributed by atoms with Gasteiger partial charge in [0.05, 0.1) is 0 Å². The maximum absolute atomic E-state index is 13.0. The zero-order valence-corrected chi connectivity index (χ0v) is 13.7. The molecule has 2 saturated carbocycles. The standard InChI is InChI=1S/C20H28O/c1-13-10-14(2)19(15(3)11-13)20(21)18-9-8-16-6-4-5-7-17(16)12-18/h10-11,16-18H,4-9,12H2,1-3H3. The van der Waals surface area contributed by atoms with E-state index in [0.29, 0.717) is 5.78 Å². The summed E-state index contributed by atoms with van der Waals surface area (Å²) in [6.45, 7) is 6.31. The lowest BCUT2D eigenvalue weighted by Gasteiger charge is -2.39. The SMILES string of the molecule is Cc1cc(C)c(C(=O)C2CCC3CCCCC3C2)c(C)c1. The van der Waals surface area contributed by atoms with Crippen molar-refractivity contribution in [2.24, 2.45) is 17.8 Å². The van der Waals surface area contributed by atoms with Crippen LogP contribution in [0.2, 0.25) is 0 Å². The molecular weight excluding hydrogens is 256 g/mol. The molecule has 1 aromatic carbocycles. The fourth-order valence-electron chi connectivity index (χ4n) is 4.88. The summed E-state index contributed by atoms with van der Waals surface area (Å²) in [4.78, 5) is 13.0. The fraction of sp³-hybridized carbons (Fsp3) is 0.650. The van der Waals surface area contributed by atoms with Crippen molar-refractivity contribution in [2.75, 3.05) is 0 Å². The Morgan fingerprint density at radius 3 is 2.19 bits per heavy atom. The summed E-state index contributed by atoms with van der Waals surface area (Å²) >= 11 is 0. The van der Waals surface area contributed by atoms with Crippen molar-refractivity contribution in [2.45, 2.75) is 65.7 Å². The molecule has 0 aliphatic heterocycles. The summed E-state index contributed by atoms with van der Waals surface area (Å²) < 4.78 is 0. The molecule has 114 valence electrons. The molecule has 3 rings (SSSR count). The first kappa shape index (κ1) is 14.8. The van der Waals surface area contributed by atoms with Gasteiger partial charge in [-0.25, -0.2) is 0 Å². The summed E-state index contributed by atoms with van der Waals surface area (Å²) in [6, 6.07) is 4.32. The van der Waals surface area contributed by atoms with Crippen LogP contribution in [0.1, 0.15) is 72.0 Å². The molecule has 0 aromatic heterocycles. The number of hydrogen-bond acceptors (Lipinski definition) is 1. The Kier molecular flexibility index (Phi) is 4.19. The molecule has 3 atom stereocenters. The lowest BCUT2D eigenvalue weighted by atomic mass is 9.66. The molecule has 0 spiro atoms. The normalized spacial score (nSPS) is 29.0. The lowest BCUT2D eigenvalue weighted by Crippen LogP contribution is -2.31. The molecule has 0 saturated heterocycles. The van der Waals surface area contributed by atoms with Crippen LogP contribution in [0.15, 0.2) is 12.1 Å². The molecule has 2 aliphatic carbocycles. The van der Waals surface area contributed by atoms with Crippen LogP contribution in [0.4, 0.5) is 0 Å². The van der Waals surface area contributed by atoms with Gasteiger partial charge in [-0.2, -0.15) is 0 Å². The van der Waals surface area contributed by atoms with E-state index in [1.54, 1.807) is 0 Å². The molecule has 0 heterocycles. The average molecular weight is 284 g/mol. The van der Waals surface area contributed by atoms with E-state index < -0.39 is 0 Å². The first-order chi connectivity index (χ1) is 10.1. The van der Waals surface area contributed by atoms with Crippen molar-refractivity contribution >= 4 is 5.78 Å². The summed E-state index contributed by atoms with van der Waals surface area (Å²) in [5.41, 5.74) is 4.61. The molecule has 0 radical (unpaired) electrons. The molecule has 3 unspecified atom stereocenters. The van der Waals surface area contributed by atoms with Gasteiger partial charge in [0.15, 0.2) is 5.78 Å². The Labute approximate surface area is 129 Å². The van der Waals surface area contributed by atoms with E-state index in [-0.39, 0.29) is 5.92 Å². The predicted molar refractivity (Wildman–Crippen MR) is 87.8 cm³/mol. The molecule has 1 nitrogen and oxygen atoms in total. The van der Waals surface area contributed by atoms with Crippen LogP contribution in [-0.2, 0) is 0 Å². The molecule has 1 heteroatoms. The number of benzene rings is 1. The second kappa shape index (κ2) is 5.94. The maximum atomic E-state index is 13.0. The first-order valence-corrected chi connectivity index (χ1v) is 8.68. The van der Waals surface area contributed by atoms with Crippen molar-refractivity contribution < 1.29 is 4.79 Å². The topological polar surface area (TPSA) is 17.1 Å². The summed E-state index contributed by atoms with van der Waals surface area (Å²) in [5, 5.41) is 0. The van der Waals surface area contributed by atoms with E-state index >= 15 is 0 Å². The summed E-state index contributed by atoms with van der Waals surface area (Å²) in [6.07, 6.45) is 9.11. The Morgan fingerprint density at radius 1 is 0.905 bits per heavy atom. The third kappa shape index (κ3) is 2.93. The maximum Gasteiger partial charge on any atom is 0.166 e. The van der Waals surface area contributed by atoms with E-state index in [4.69, 9.17) is 0 Å². The van der Waals surface area contributed by atoms with Gasteiger partial charge in [-0.05, 0) is 63.0 Å². The largest absolute Gasteiger partial charge is 0.294 e. The minimum Gasteiger partial charge on any atom is -0.294 e. The number of rotatable bonds is 2. The van der Waals surface area contributed by atoms with Crippen molar-refractivity contribution in [1.82, 2.24) is 0 Å². The lowest BCUT2D eigenvalue weighted by molar-refractivity contribution is 0.0762. The Hall–Kier alpha value is -1.11. The molecule has 0 amide bonds. The average Bonchev–Trinajstić information content (AvgIpc) is 2.45. The van der Waals surface area contributed by atoms with E-state index in [2.05, 4.69) is 32.9 Å². The number of aryl methyl sites for hydroxylation is 3. The van der Waals surface area contributed by atoms with Gasteiger partial charge < -0.3 is 0 Å². The zero-order chi connectivity index (χ0) is 15.0. The molecule has 0 N–H and O–H groups in total. The first-order valence-electron chi connectivity index (χ1n) is 8.68.